The molecule has 8 nitrogen and oxygen atoms in total. The third-order valence-corrected chi connectivity index (χ3v) is 8.85. The Morgan fingerprint density at radius 2 is 1.82 bits per heavy atom. The molecule has 9 heteroatoms. The third-order valence-electron chi connectivity index (χ3n) is 8.60. The summed E-state index contributed by atoms with van der Waals surface area (Å²) in [6.45, 7) is 2.55. The second-order valence-corrected chi connectivity index (χ2v) is 11.5. The summed E-state index contributed by atoms with van der Waals surface area (Å²) >= 11 is 6.01. The number of carbonyl (C=O) groups excluding carboxylic acids is 3. The number of amides is 3. The lowest BCUT2D eigenvalue weighted by Gasteiger charge is -2.34. The summed E-state index contributed by atoms with van der Waals surface area (Å²) in [4.78, 5) is 43.5. The van der Waals surface area contributed by atoms with Crippen LogP contribution in [-0.2, 0) is 25.7 Å². The molecular weight excluding hydrogens is 530 g/mol. The Bertz CT molecular complexity index is 1320. The van der Waals surface area contributed by atoms with Gasteiger partial charge in [0.05, 0.1) is 31.1 Å². The molecule has 40 heavy (non-hydrogen) atoms. The maximum absolute atomic E-state index is 14.3. The van der Waals surface area contributed by atoms with Crippen LogP contribution in [0.2, 0.25) is 5.02 Å². The normalized spacial score (nSPS) is 28.9. The van der Waals surface area contributed by atoms with Crippen LogP contribution in [0, 0.1) is 11.8 Å². The Hall–Kier alpha value is -3.36. The summed E-state index contributed by atoms with van der Waals surface area (Å²) < 4.78 is 12.3. The zero-order chi connectivity index (χ0) is 27.9. The van der Waals surface area contributed by atoms with Crippen molar-refractivity contribution in [1.29, 1.82) is 0 Å². The van der Waals surface area contributed by atoms with Gasteiger partial charge in [0.1, 0.15) is 17.4 Å². The molecule has 3 amide bonds. The zero-order valence-electron chi connectivity index (χ0n) is 22.5. The lowest BCUT2D eigenvalue weighted by molar-refractivity contribution is -0.142. The van der Waals surface area contributed by atoms with Crippen molar-refractivity contribution in [2.75, 3.05) is 11.9 Å². The van der Waals surface area contributed by atoms with Crippen molar-refractivity contribution in [2.24, 2.45) is 11.8 Å². The number of likely N-dealkylation sites (tertiary alicyclic amines) is 1. The van der Waals surface area contributed by atoms with E-state index in [1.807, 2.05) is 43.3 Å². The topological polar surface area (TPSA) is 97.0 Å². The van der Waals surface area contributed by atoms with Crippen molar-refractivity contribution in [1.82, 2.24) is 10.2 Å². The Labute approximate surface area is 239 Å². The maximum atomic E-state index is 14.3. The minimum Gasteiger partial charge on any atom is -0.494 e. The highest BCUT2D eigenvalue weighted by Gasteiger charge is 2.72. The van der Waals surface area contributed by atoms with Crippen LogP contribution in [0.1, 0.15) is 44.6 Å². The van der Waals surface area contributed by atoms with Crippen molar-refractivity contribution in [2.45, 2.75) is 69.4 Å². The van der Waals surface area contributed by atoms with E-state index >= 15 is 0 Å². The van der Waals surface area contributed by atoms with Gasteiger partial charge < -0.3 is 25.0 Å². The number of halogens is 1. The monoisotopic (exact) mass is 563 g/mol. The summed E-state index contributed by atoms with van der Waals surface area (Å²) in [5.41, 5.74) is 0.156. The fourth-order valence-electron chi connectivity index (χ4n) is 6.84. The molecule has 3 fully saturated rings. The molecule has 0 aromatic heterocycles. The lowest BCUT2D eigenvalue weighted by Crippen LogP contribution is -2.56. The van der Waals surface area contributed by atoms with Crippen LogP contribution in [-0.4, -0.2) is 53.0 Å². The first-order chi connectivity index (χ1) is 19.4. The Balaban J connectivity index is 1.33. The molecule has 4 aliphatic rings. The van der Waals surface area contributed by atoms with Crippen molar-refractivity contribution in [3.05, 3.63) is 71.3 Å². The Kier molecular flexibility index (Phi) is 7.31. The number of hydrogen-bond donors (Lipinski definition) is 2. The summed E-state index contributed by atoms with van der Waals surface area (Å²) in [6, 6.07) is 13.5. The van der Waals surface area contributed by atoms with Crippen LogP contribution in [0.4, 0.5) is 5.69 Å². The molecule has 3 aliphatic heterocycles. The van der Waals surface area contributed by atoms with E-state index in [2.05, 4.69) is 10.6 Å². The zero-order valence-corrected chi connectivity index (χ0v) is 23.2. The van der Waals surface area contributed by atoms with E-state index in [-0.39, 0.29) is 30.3 Å². The van der Waals surface area contributed by atoms with E-state index in [1.54, 1.807) is 29.2 Å². The number of nitrogens with one attached hydrogen (secondary N) is 2. The smallest absolute Gasteiger partial charge is 0.246 e. The molecule has 5 atom stereocenters. The van der Waals surface area contributed by atoms with Gasteiger partial charge in [0.2, 0.25) is 17.7 Å². The molecule has 1 saturated carbocycles. The van der Waals surface area contributed by atoms with Crippen LogP contribution in [0.5, 0.6) is 5.75 Å². The lowest BCUT2D eigenvalue weighted by atomic mass is 9.74. The highest BCUT2D eigenvalue weighted by Crippen LogP contribution is 2.55. The van der Waals surface area contributed by atoms with Crippen LogP contribution in [0.25, 0.3) is 0 Å². The minimum atomic E-state index is -1.22. The fourth-order valence-corrected chi connectivity index (χ4v) is 6.96. The molecule has 3 heterocycles. The van der Waals surface area contributed by atoms with E-state index in [1.165, 1.54) is 6.42 Å². The molecule has 2 bridgehead atoms. The van der Waals surface area contributed by atoms with Crippen LogP contribution < -0.4 is 15.4 Å². The van der Waals surface area contributed by atoms with Gasteiger partial charge in [-0.25, -0.2) is 0 Å². The second kappa shape index (κ2) is 10.9. The van der Waals surface area contributed by atoms with E-state index in [4.69, 9.17) is 21.1 Å². The number of para-hydroxylation sites is 1. The predicted molar refractivity (Wildman–Crippen MR) is 151 cm³/mol. The largest absolute Gasteiger partial charge is 0.494 e. The molecule has 0 unspecified atom stereocenters. The minimum absolute atomic E-state index is 0.0657. The second-order valence-electron chi connectivity index (χ2n) is 11.0. The molecular formula is C31H34ClN3O5. The Morgan fingerprint density at radius 1 is 1.07 bits per heavy atom. The molecule has 1 spiro atoms. The van der Waals surface area contributed by atoms with Crippen molar-refractivity contribution in [3.63, 3.8) is 0 Å². The first-order valence-corrected chi connectivity index (χ1v) is 14.5. The predicted octanol–water partition coefficient (Wildman–Crippen LogP) is 4.48. The summed E-state index contributed by atoms with van der Waals surface area (Å²) in [6.07, 6.45) is 8.21. The number of anilines is 1. The highest BCUT2D eigenvalue weighted by atomic mass is 35.5. The Morgan fingerprint density at radius 3 is 2.58 bits per heavy atom. The van der Waals surface area contributed by atoms with E-state index in [0.717, 1.165) is 31.2 Å². The average molecular weight is 564 g/mol. The number of rotatable bonds is 8. The van der Waals surface area contributed by atoms with Gasteiger partial charge in [0.15, 0.2) is 0 Å². The van der Waals surface area contributed by atoms with Crippen molar-refractivity contribution >= 4 is 35.0 Å². The molecule has 210 valence electrons. The van der Waals surface area contributed by atoms with Gasteiger partial charge in [0, 0.05) is 22.3 Å². The van der Waals surface area contributed by atoms with Gasteiger partial charge in [0.25, 0.3) is 0 Å². The van der Waals surface area contributed by atoms with Crippen LogP contribution >= 0.6 is 11.6 Å². The van der Waals surface area contributed by atoms with E-state index < -0.39 is 29.6 Å². The molecule has 2 aromatic carbocycles. The first kappa shape index (κ1) is 26.8. The number of benzene rings is 2. The summed E-state index contributed by atoms with van der Waals surface area (Å²) in [5.74, 6) is -1.75. The number of carbonyl (C=O) groups is 3. The summed E-state index contributed by atoms with van der Waals surface area (Å²) in [7, 11) is 0. The summed E-state index contributed by atoms with van der Waals surface area (Å²) in [5, 5.41) is 6.71. The highest BCUT2D eigenvalue weighted by molar-refractivity contribution is 6.30. The van der Waals surface area contributed by atoms with Gasteiger partial charge in [-0.1, -0.05) is 61.2 Å². The number of ether oxygens (including phenoxy) is 2. The van der Waals surface area contributed by atoms with Gasteiger partial charge in [-0.3, -0.25) is 14.4 Å². The SMILES string of the molecule is CCOc1ccccc1CN1C(=O)[C@@H]2[C@@H](C(=O)Nc3ccc(Cl)cc3)[C@@H]3C=C[C@@]2(O3)[C@H]1C(=O)NC1CCCCC1. The van der Waals surface area contributed by atoms with Gasteiger partial charge in [-0.15, -0.1) is 0 Å². The van der Waals surface area contributed by atoms with E-state index in [9.17, 15) is 14.4 Å². The molecule has 2 aromatic rings. The number of nitrogens with zero attached hydrogens (tertiary/aromatic N) is 1. The van der Waals surface area contributed by atoms with Gasteiger partial charge >= 0.3 is 0 Å². The van der Waals surface area contributed by atoms with E-state index in [0.29, 0.717) is 23.1 Å². The maximum Gasteiger partial charge on any atom is 0.246 e. The van der Waals surface area contributed by atoms with Gasteiger partial charge in [-0.2, -0.15) is 0 Å². The third kappa shape index (κ3) is 4.67. The fraction of sp³-hybridized carbons (Fsp3) is 0.452. The first-order valence-electron chi connectivity index (χ1n) is 14.2. The molecule has 0 radical (unpaired) electrons. The van der Waals surface area contributed by atoms with Crippen LogP contribution in [0.3, 0.4) is 0 Å². The molecule has 1 aliphatic carbocycles. The van der Waals surface area contributed by atoms with Crippen molar-refractivity contribution < 1.29 is 23.9 Å². The molecule has 6 rings (SSSR count). The van der Waals surface area contributed by atoms with Crippen LogP contribution in [0.15, 0.2) is 60.7 Å². The van der Waals surface area contributed by atoms with Gasteiger partial charge in [-0.05, 0) is 50.1 Å². The molecule has 2 saturated heterocycles. The number of fused-ring (bicyclic) bond motifs is 1. The molecule has 2 N–H and O–H groups in total. The average Bonchev–Trinajstić information content (AvgIpc) is 3.59. The standard InChI is InChI=1S/C31H34ClN3O5/c1-2-39-23-11-7-6-8-19(23)18-35-27(29(37)34-21-9-4-3-5-10-21)31-17-16-24(40-31)25(26(31)30(35)38)28(36)33-22-14-12-20(32)13-15-22/h6-8,11-17,21,24-27H,2-5,9-10,18H2,1H3,(H,33,36)(H,34,37)/t24-,25-,26-,27+,31-/m0/s1. The van der Waals surface area contributed by atoms with Crippen molar-refractivity contribution in [3.8, 4) is 5.75 Å². The number of hydrogen-bond acceptors (Lipinski definition) is 5. The quantitative estimate of drug-likeness (QED) is 0.462.